The highest BCUT2D eigenvalue weighted by Crippen LogP contribution is 2.47. The summed E-state index contributed by atoms with van der Waals surface area (Å²) in [6.07, 6.45) is 1.58. The molecule has 1 aromatic heterocycles. The van der Waals surface area contributed by atoms with Gasteiger partial charge in [0.05, 0.1) is 16.7 Å². The molecule has 0 radical (unpaired) electrons. The second-order valence-electron chi connectivity index (χ2n) is 9.47. The predicted molar refractivity (Wildman–Crippen MR) is 129 cm³/mol. The Labute approximate surface area is 211 Å². The van der Waals surface area contributed by atoms with E-state index in [1.807, 2.05) is 30.3 Å². The highest BCUT2D eigenvalue weighted by molar-refractivity contribution is 6.30. The van der Waals surface area contributed by atoms with Gasteiger partial charge >= 0.3 is 0 Å². The maximum atomic E-state index is 13.6. The average Bonchev–Trinajstić information content (AvgIpc) is 3.37. The molecule has 2 bridgehead atoms. The zero-order valence-corrected chi connectivity index (χ0v) is 20.1. The molecule has 3 aliphatic carbocycles. The summed E-state index contributed by atoms with van der Waals surface area (Å²) >= 11 is 5.66. The molecule has 3 aliphatic rings. The smallest absolute Gasteiger partial charge is 0.290 e. The lowest BCUT2D eigenvalue weighted by molar-refractivity contribution is -0.132. The maximum absolute atomic E-state index is 13.6. The lowest BCUT2D eigenvalue weighted by Gasteiger charge is -2.56. The number of amides is 2. The van der Waals surface area contributed by atoms with Gasteiger partial charge in [-0.2, -0.15) is 0 Å². The van der Waals surface area contributed by atoms with Crippen molar-refractivity contribution in [3.63, 3.8) is 0 Å². The number of carbonyl (C=O) groups excluding carboxylic acids is 2. The number of hydrogen-bond acceptors (Lipinski definition) is 6. The molecular weight excluding hydrogens is 489 g/mol. The predicted octanol–water partition coefficient (Wildman–Crippen LogP) is 3.88. The first-order chi connectivity index (χ1) is 17.3. The first-order valence-electron chi connectivity index (χ1n) is 11.7. The van der Waals surface area contributed by atoms with Crippen LogP contribution in [0, 0.1) is 5.82 Å². The SMILES string of the molecule is O=C(COc1ccc(Cl)c(F)c1)NC12CCC(NC(=O)c3cc(-c4ccccc4)no3)(CC1)C[C@@H]2O. The van der Waals surface area contributed by atoms with Crippen LogP contribution in [-0.2, 0) is 4.79 Å². The van der Waals surface area contributed by atoms with E-state index in [0.717, 1.165) is 11.6 Å². The monoisotopic (exact) mass is 513 g/mol. The van der Waals surface area contributed by atoms with E-state index in [4.69, 9.17) is 20.9 Å². The summed E-state index contributed by atoms with van der Waals surface area (Å²) in [5, 5.41) is 20.9. The molecule has 2 aromatic carbocycles. The average molecular weight is 514 g/mol. The van der Waals surface area contributed by atoms with E-state index >= 15 is 0 Å². The molecule has 3 saturated carbocycles. The summed E-state index contributed by atoms with van der Waals surface area (Å²) in [6, 6.07) is 14.9. The van der Waals surface area contributed by atoms with Gasteiger partial charge in [0, 0.05) is 23.2 Å². The summed E-state index contributed by atoms with van der Waals surface area (Å²) < 4.78 is 24.2. The molecule has 36 heavy (non-hydrogen) atoms. The molecule has 3 N–H and O–H groups in total. The Morgan fingerprint density at radius 1 is 1.11 bits per heavy atom. The number of fused-ring (bicyclic) bond motifs is 3. The standard InChI is InChI=1S/C26H25ClFN3O5/c27-18-7-6-17(12-19(18)28)35-15-23(33)29-26-10-8-25(9-11-26,14-22(26)32)30-24(34)21-13-20(31-36-21)16-4-2-1-3-5-16/h1-7,12-13,22,32H,8-11,14-15H2,(H,29,33)(H,30,34)/t22-,25?,26?/m0/s1. The van der Waals surface area contributed by atoms with Gasteiger partial charge in [-0.25, -0.2) is 4.39 Å². The van der Waals surface area contributed by atoms with Crippen LogP contribution in [-0.4, -0.2) is 45.9 Å². The first-order valence-corrected chi connectivity index (χ1v) is 12.1. The molecule has 3 fully saturated rings. The van der Waals surface area contributed by atoms with Gasteiger partial charge in [-0.15, -0.1) is 0 Å². The minimum absolute atomic E-state index is 0.0336. The van der Waals surface area contributed by atoms with Crippen molar-refractivity contribution in [1.82, 2.24) is 15.8 Å². The van der Waals surface area contributed by atoms with Gasteiger partial charge in [-0.05, 0) is 44.2 Å². The second kappa shape index (κ2) is 9.55. The molecule has 1 heterocycles. The van der Waals surface area contributed by atoms with Crippen molar-refractivity contribution in [2.45, 2.75) is 49.3 Å². The molecular formula is C26H25ClFN3O5. The van der Waals surface area contributed by atoms with Gasteiger partial charge in [-0.1, -0.05) is 47.1 Å². The minimum Gasteiger partial charge on any atom is -0.484 e. The highest BCUT2D eigenvalue weighted by Gasteiger charge is 2.55. The fourth-order valence-corrected chi connectivity index (χ4v) is 5.24. The van der Waals surface area contributed by atoms with Gasteiger partial charge < -0.3 is 25.0 Å². The van der Waals surface area contributed by atoms with Crippen molar-refractivity contribution in [1.29, 1.82) is 0 Å². The van der Waals surface area contributed by atoms with Gasteiger partial charge in [-0.3, -0.25) is 9.59 Å². The van der Waals surface area contributed by atoms with Crippen LogP contribution in [0.25, 0.3) is 11.3 Å². The van der Waals surface area contributed by atoms with Crippen LogP contribution in [0.1, 0.15) is 42.7 Å². The normalized spacial score (nSPS) is 24.8. The van der Waals surface area contributed by atoms with E-state index in [-0.39, 0.29) is 29.0 Å². The molecule has 0 spiro atoms. The number of aliphatic hydroxyl groups is 1. The summed E-state index contributed by atoms with van der Waals surface area (Å²) in [5.74, 6) is -1.16. The van der Waals surface area contributed by atoms with Crippen molar-refractivity contribution in [2.75, 3.05) is 6.61 Å². The van der Waals surface area contributed by atoms with E-state index in [0.29, 0.717) is 37.8 Å². The molecule has 6 rings (SSSR count). The number of ether oxygens (including phenoxy) is 1. The highest BCUT2D eigenvalue weighted by atomic mass is 35.5. The van der Waals surface area contributed by atoms with Crippen molar-refractivity contribution >= 4 is 23.4 Å². The van der Waals surface area contributed by atoms with Crippen LogP contribution in [0.15, 0.2) is 59.1 Å². The van der Waals surface area contributed by atoms with E-state index < -0.39 is 28.9 Å². The van der Waals surface area contributed by atoms with Crippen molar-refractivity contribution < 1.29 is 28.3 Å². The summed E-state index contributed by atoms with van der Waals surface area (Å²) in [7, 11) is 0. The number of aromatic nitrogens is 1. The third-order valence-corrected chi connectivity index (χ3v) is 7.46. The summed E-state index contributed by atoms with van der Waals surface area (Å²) in [6.45, 7) is -0.327. The van der Waals surface area contributed by atoms with Crippen molar-refractivity contribution in [3.8, 4) is 17.0 Å². The summed E-state index contributed by atoms with van der Waals surface area (Å²) in [4.78, 5) is 25.5. The second-order valence-corrected chi connectivity index (χ2v) is 9.87. The Balaban J connectivity index is 1.18. The van der Waals surface area contributed by atoms with Gasteiger partial charge in [0.15, 0.2) is 6.61 Å². The van der Waals surface area contributed by atoms with E-state index in [9.17, 15) is 19.1 Å². The lowest BCUT2D eigenvalue weighted by atomic mass is 9.60. The summed E-state index contributed by atoms with van der Waals surface area (Å²) in [5.41, 5.74) is 0.0102. The number of halogens is 2. The van der Waals surface area contributed by atoms with Crippen LogP contribution in [0.2, 0.25) is 5.02 Å². The molecule has 8 nitrogen and oxygen atoms in total. The molecule has 2 amide bonds. The molecule has 0 unspecified atom stereocenters. The zero-order chi connectivity index (χ0) is 25.3. The number of rotatable bonds is 7. The Morgan fingerprint density at radius 2 is 1.86 bits per heavy atom. The minimum atomic E-state index is -0.855. The van der Waals surface area contributed by atoms with E-state index in [2.05, 4.69) is 15.8 Å². The fourth-order valence-electron chi connectivity index (χ4n) is 5.12. The Kier molecular flexibility index (Phi) is 6.44. The number of carbonyl (C=O) groups is 2. The van der Waals surface area contributed by atoms with Crippen molar-refractivity contribution in [3.05, 3.63) is 71.2 Å². The van der Waals surface area contributed by atoms with Crippen molar-refractivity contribution in [2.24, 2.45) is 0 Å². The number of aliphatic hydroxyl groups excluding tert-OH is 1. The number of hydrogen-bond donors (Lipinski definition) is 3. The molecule has 0 saturated heterocycles. The fraction of sp³-hybridized carbons (Fsp3) is 0.346. The van der Waals surface area contributed by atoms with Crippen LogP contribution in [0.5, 0.6) is 5.75 Å². The van der Waals surface area contributed by atoms with E-state index in [1.54, 1.807) is 6.07 Å². The Bertz CT molecular complexity index is 1270. The molecule has 0 aliphatic heterocycles. The third-order valence-electron chi connectivity index (χ3n) is 7.15. The Hall–Kier alpha value is -3.43. The largest absolute Gasteiger partial charge is 0.484 e. The zero-order valence-electron chi connectivity index (χ0n) is 19.3. The van der Waals surface area contributed by atoms with Gasteiger partial charge in [0.2, 0.25) is 5.76 Å². The number of benzene rings is 2. The Morgan fingerprint density at radius 3 is 2.56 bits per heavy atom. The van der Waals surface area contributed by atoms with Crippen LogP contribution in [0.4, 0.5) is 4.39 Å². The van der Waals surface area contributed by atoms with Gasteiger partial charge in [0.1, 0.15) is 17.3 Å². The molecule has 3 aromatic rings. The van der Waals surface area contributed by atoms with Crippen LogP contribution >= 0.6 is 11.6 Å². The quantitative estimate of drug-likeness (QED) is 0.442. The maximum Gasteiger partial charge on any atom is 0.290 e. The van der Waals surface area contributed by atoms with Gasteiger partial charge in [0.25, 0.3) is 11.8 Å². The topological polar surface area (TPSA) is 114 Å². The van der Waals surface area contributed by atoms with E-state index in [1.165, 1.54) is 12.1 Å². The molecule has 188 valence electrons. The lowest BCUT2D eigenvalue weighted by Crippen LogP contribution is -2.70. The first kappa shape index (κ1) is 24.3. The van der Waals surface area contributed by atoms with Crippen LogP contribution < -0.4 is 15.4 Å². The molecule has 1 atom stereocenters. The van der Waals surface area contributed by atoms with Crippen LogP contribution in [0.3, 0.4) is 0 Å². The number of nitrogens with one attached hydrogen (secondary N) is 2. The molecule has 10 heteroatoms. The number of nitrogens with zero attached hydrogens (tertiary/aromatic N) is 1. The third kappa shape index (κ3) is 4.81.